The molecule has 0 aliphatic carbocycles. The Morgan fingerprint density at radius 3 is 1.39 bits per heavy atom. The van der Waals surface area contributed by atoms with Gasteiger partial charge in [0.05, 0.1) is 13.2 Å². The van der Waals surface area contributed by atoms with Gasteiger partial charge in [0.15, 0.2) is 6.29 Å². The van der Waals surface area contributed by atoms with Crippen LogP contribution in [0.25, 0.3) is 0 Å². The fraction of sp³-hybridized carbons (Fsp3) is 1.00. The molecule has 0 bridgehead atoms. The second-order valence-electron chi connectivity index (χ2n) is 15.0. The van der Waals surface area contributed by atoms with Gasteiger partial charge >= 0.3 is 7.82 Å². The van der Waals surface area contributed by atoms with E-state index in [-0.39, 0.29) is 6.61 Å². The standard InChI is InChI=1S/C36H73O9P/c1-7-8-9-15-27(2)16-10-17-28(3)18-11-19-29(4)20-12-21-30(5)22-13-23-31(6)24-14-25-43-46(41,42)45-36-35(40)34(39)33(38)32(26-37)44-36/h27-40H,7-26H2,1-6H3,(H,41,42)/t27-,28-,29-,30-,31-,32?,33+,34-,35?,36-/m0/s1. The summed E-state index contributed by atoms with van der Waals surface area (Å²) < 4.78 is 27.3. The highest BCUT2D eigenvalue weighted by Gasteiger charge is 2.46. The third kappa shape index (κ3) is 19.8. The second-order valence-corrected chi connectivity index (χ2v) is 16.4. The molecule has 1 aliphatic heterocycles. The summed E-state index contributed by atoms with van der Waals surface area (Å²) in [5, 5.41) is 38.9. The van der Waals surface area contributed by atoms with Crippen LogP contribution < -0.4 is 0 Å². The third-order valence-electron chi connectivity index (χ3n) is 10.1. The van der Waals surface area contributed by atoms with Gasteiger partial charge in [0.1, 0.15) is 24.4 Å². The van der Waals surface area contributed by atoms with Crippen molar-refractivity contribution < 1.29 is 43.7 Å². The lowest BCUT2D eigenvalue weighted by Gasteiger charge is -2.39. The van der Waals surface area contributed by atoms with Gasteiger partial charge in [0.25, 0.3) is 0 Å². The van der Waals surface area contributed by atoms with Gasteiger partial charge in [-0.05, 0) is 42.4 Å². The molecule has 5 N–H and O–H groups in total. The summed E-state index contributed by atoms with van der Waals surface area (Å²) in [5.74, 6) is 3.77. The molecule has 0 aromatic carbocycles. The van der Waals surface area contributed by atoms with Gasteiger partial charge in [-0.25, -0.2) is 4.57 Å². The highest BCUT2D eigenvalue weighted by molar-refractivity contribution is 7.47. The lowest BCUT2D eigenvalue weighted by molar-refractivity contribution is -0.281. The van der Waals surface area contributed by atoms with E-state index in [1.165, 1.54) is 96.3 Å². The smallest absolute Gasteiger partial charge is 0.394 e. The maximum atomic E-state index is 12.3. The van der Waals surface area contributed by atoms with E-state index in [4.69, 9.17) is 13.8 Å². The lowest BCUT2D eigenvalue weighted by atomic mass is 9.89. The van der Waals surface area contributed by atoms with Crippen LogP contribution in [0.2, 0.25) is 0 Å². The number of aliphatic hydroxyl groups is 4. The molecular formula is C36H73O9P. The van der Waals surface area contributed by atoms with E-state index < -0.39 is 45.1 Å². The third-order valence-corrected chi connectivity index (χ3v) is 11.0. The van der Waals surface area contributed by atoms with E-state index in [0.29, 0.717) is 12.3 Å². The van der Waals surface area contributed by atoms with Crippen molar-refractivity contribution in [1.29, 1.82) is 0 Å². The maximum absolute atomic E-state index is 12.3. The van der Waals surface area contributed by atoms with Crippen molar-refractivity contribution in [2.75, 3.05) is 13.2 Å². The Balaban J connectivity index is 2.08. The molecule has 1 saturated heterocycles. The van der Waals surface area contributed by atoms with Crippen molar-refractivity contribution in [2.24, 2.45) is 29.6 Å². The molecule has 0 aromatic rings. The number of phosphoric ester groups is 1. The first-order valence-corrected chi connectivity index (χ1v) is 20.2. The predicted molar refractivity (Wildman–Crippen MR) is 185 cm³/mol. The van der Waals surface area contributed by atoms with Crippen molar-refractivity contribution in [3.63, 3.8) is 0 Å². The molecule has 46 heavy (non-hydrogen) atoms. The molecule has 10 heteroatoms. The largest absolute Gasteiger partial charge is 0.474 e. The first kappa shape index (κ1) is 43.9. The van der Waals surface area contributed by atoms with Crippen LogP contribution >= 0.6 is 7.82 Å². The summed E-state index contributed by atoms with van der Waals surface area (Å²) >= 11 is 0. The Hall–Kier alpha value is -0.0900. The molecule has 0 amide bonds. The molecule has 1 aliphatic rings. The summed E-state index contributed by atoms with van der Waals surface area (Å²) in [6, 6.07) is 0. The van der Waals surface area contributed by atoms with Gasteiger partial charge in [0, 0.05) is 0 Å². The van der Waals surface area contributed by atoms with Crippen LogP contribution in [0.5, 0.6) is 0 Å². The Morgan fingerprint density at radius 2 is 1.00 bits per heavy atom. The minimum atomic E-state index is -4.58. The molecule has 3 unspecified atom stereocenters. The van der Waals surface area contributed by atoms with Crippen molar-refractivity contribution >= 4 is 7.82 Å². The SMILES string of the molecule is CCCCC[C@H](C)CCC[C@H](C)CCC[C@H](C)CCC[C@H](C)CCC[C@H](C)CCCOP(=O)(O)O[C@@H]1OC(CO)[C@@H](O)[C@H](O)C1O. The van der Waals surface area contributed by atoms with E-state index in [1.807, 2.05) is 0 Å². The van der Waals surface area contributed by atoms with Gasteiger partial charge in [-0.1, -0.05) is 144 Å². The fourth-order valence-corrected chi connectivity index (χ4v) is 7.51. The van der Waals surface area contributed by atoms with Crippen LogP contribution in [0.4, 0.5) is 0 Å². The number of phosphoric acid groups is 1. The maximum Gasteiger partial charge on any atom is 0.474 e. The van der Waals surface area contributed by atoms with Crippen LogP contribution in [0.1, 0.15) is 157 Å². The Bertz CT molecular complexity index is 785. The van der Waals surface area contributed by atoms with Crippen LogP contribution in [-0.4, -0.2) is 69.2 Å². The predicted octanol–water partition coefficient (Wildman–Crippen LogP) is 8.14. The van der Waals surface area contributed by atoms with E-state index in [0.717, 1.165) is 36.5 Å². The Kier molecular flexibility index (Phi) is 23.8. The van der Waals surface area contributed by atoms with Crippen molar-refractivity contribution in [2.45, 2.75) is 188 Å². The number of aliphatic hydroxyl groups excluding tert-OH is 4. The van der Waals surface area contributed by atoms with E-state index in [9.17, 15) is 29.9 Å². The molecule has 1 heterocycles. The van der Waals surface area contributed by atoms with Gasteiger partial charge in [-0.3, -0.25) is 9.05 Å². The Morgan fingerprint density at radius 1 is 0.609 bits per heavy atom. The molecule has 276 valence electrons. The summed E-state index contributed by atoms with van der Waals surface area (Å²) in [6.45, 7) is 13.5. The van der Waals surface area contributed by atoms with Crippen molar-refractivity contribution in [1.82, 2.24) is 0 Å². The van der Waals surface area contributed by atoms with Gasteiger partial charge in [-0.15, -0.1) is 0 Å². The molecule has 1 rings (SSSR count). The minimum absolute atomic E-state index is 0.00150. The van der Waals surface area contributed by atoms with Gasteiger partial charge in [-0.2, -0.15) is 0 Å². The first-order valence-electron chi connectivity index (χ1n) is 18.8. The highest BCUT2D eigenvalue weighted by atomic mass is 31.2. The zero-order valence-corrected chi connectivity index (χ0v) is 31.1. The molecular weight excluding hydrogens is 607 g/mol. The fourth-order valence-electron chi connectivity index (χ4n) is 6.65. The number of ether oxygens (including phenoxy) is 1. The molecule has 1 fully saturated rings. The molecule has 0 saturated carbocycles. The van der Waals surface area contributed by atoms with Gasteiger partial charge < -0.3 is 30.1 Å². The monoisotopic (exact) mass is 680 g/mol. The van der Waals surface area contributed by atoms with Crippen molar-refractivity contribution in [3.05, 3.63) is 0 Å². The van der Waals surface area contributed by atoms with Crippen LogP contribution in [0.15, 0.2) is 0 Å². The van der Waals surface area contributed by atoms with Crippen LogP contribution in [0.3, 0.4) is 0 Å². The normalized spacial score (nSPS) is 26.7. The minimum Gasteiger partial charge on any atom is -0.394 e. The summed E-state index contributed by atoms with van der Waals surface area (Å²) in [6.07, 6.45) is 14.7. The van der Waals surface area contributed by atoms with Crippen LogP contribution in [0, 0.1) is 29.6 Å². The van der Waals surface area contributed by atoms with Gasteiger partial charge in [0.2, 0.25) is 0 Å². The van der Waals surface area contributed by atoms with Crippen molar-refractivity contribution in [3.8, 4) is 0 Å². The first-order chi connectivity index (χ1) is 21.8. The average Bonchev–Trinajstić information content (AvgIpc) is 2.99. The highest BCUT2D eigenvalue weighted by Crippen LogP contribution is 2.46. The second kappa shape index (κ2) is 25.0. The van der Waals surface area contributed by atoms with E-state index in [1.54, 1.807) is 0 Å². The quantitative estimate of drug-likeness (QED) is 0.0408. The number of hydrogen-bond donors (Lipinski definition) is 5. The Labute approximate surface area is 281 Å². The van der Waals surface area contributed by atoms with Crippen LogP contribution in [-0.2, 0) is 18.3 Å². The van der Waals surface area contributed by atoms with E-state index >= 15 is 0 Å². The number of hydrogen-bond acceptors (Lipinski definition) is 8. The van der Waals surface area contributed by atoms with E-state index in [2.05, 4.69) is 41.5 Å². The number of rotatable bonds is 28. The number of unbranched alkanes of at least 4 members (excludes halogenated alkanes) is 2. The summed E-state index contributed by atoms with van der Waals surface area (Å²) in [7, 11) is -4.58. The zero-order valence-electron chi connectivity index (χ0n) is 30.2. The summed E-state index contributed by atoms with van der Waals surface area (Å²) in [4.78, 5) is 10.0. The molecule has 0 spiro atoms. The summed E-state index contributed by atoms with van der Waals surface area (Å²) in [5.41, 5.74) is 0. The lowest BCUT2D eigenvalue weighted by Crippen LogP contribution is -2.58. The topological polar surface area (TPSA) is 146 Å². The molecule has 0 radical (unpaired) electrons. The molecule has 9 nitrogen and oxygen atoms in total. The average molecular weight is 681 g/mol. The zero-order chi connectivity index (χ0) is 34.5. The molecule has 0 aromatic heterocycles. The molecule has 11 atom stereocenters.